The molecule has 1 saturated heterocycles. The van der Waals surface area contributed by atoms with Crippen LogP contribution in [0.2, 0.25) is 0 Å². The monoisotopic (exact) mass is 586 g/mol. The maximum Gasteiger partial charge on any atom is 0.267 e. The zero-order valence-corrected chi connectivity index (χ0v) is 23.3. The first-order valence-electron chi connectivity index (χ1n) is 14.1. The number of amides is 3. The van der Waals surface area contributed by atoms with E-state index in [-0.39, 0.29) is 5.91 Å². The minimum absolute atomic E-state index is 0.225. The standard InChI is InChI=1S/C31H31FN6O5/c32-20-1-3-21(4-2-20)35-29(40)31(10-11-31)30(41)36-22-5-7-23(8-6-22)43-26-9-12-33-27-24(26)19-25(37-27)28(39)34-13-14-38-15-17-42-18-16-38/h1-9,12,19H,10-11,13-18H2,(H,33,37)(H,34,39)(H,35,40)(H,36,41). The Bertz CT molecular complexity index is 1630. The molecule has 2 aliphatic rings. The van der Waals surface area contributed by atoms with Crippen molar-refractivity contribution < 1.29 is 28.2 Å². The Kier molecular flexibility index (Phi) is 8.03. The van der Waals surface area contributed by atoms with Gasteiger partial charge in [0.25, 0.3) is 5.91 Å². The van der Waals surface area contributed by atoms with Crippen LogP contribution in [0.25, 0.3) is 11.0 Å². The van der Waals surface area contributed by atoms with Gasteiger partial charge in [0.2, 0.25) is 11.8 Å². The molecule has 1 aliphatic carbocycles. The third kappa shape index (κ3) is 6.50. The van der Waals surface area contributed by atoms with Gasteiger partial charge in [-0.15, -0.1) is 0 Å². The minimum Gasteiger partial charge on any atom is -0.457 e. The Hall–Kier alpha value is -4.81. The highest BCUT2D eigenvalue weighted by Gasteiger charge is 2.56. The van der Waals surface area contributed by atoms with Crippen LogP contribution in [-0.2, 0) is 14.3 Å². The topological polar surface area (TPSA) is 138 Å². The molecule has 0 radical (unpaired) electrons. The van der Waals surface area contributed by atoms with Crippen molar-refractivity contribution in [2.45, 2.75) is 12.8 Å². The molecule has 1 aliphatic heterocycles. The first-order valence-corrected chi connectivity index (χ1v) is 14.1. The average Bonchev–Trinajstić information content (AvgIpc) is 3.72. The predicted molar refractivity (Wildman–Crippen MR) is 158 cm³/mol. The molecule has 6 rings (SSSR count). The number of hydrogen-bond acceptors (Lipinski definition) is 7. The molecule has 3 amide bonds. The Labute approximate surface area is 246 Å². The van der Waals surface area contributed by atoms with E-state index in [0.717, 1.165) is 19.6 Å². The molecular formula is C31H31FN6O5. The molecule has 0 unspecified atom stereocenters. The number of nitrogens with zero attached hydrogens (tertiary/aromatic N) is 2. The van der Waals surface area contributed by atoms with Crippen molar-refractivity contribution in [2.24, 2.45) is 5.41 Å². The third-order valence-electron chi connectivity index (χ3n) is 7.62. The number of ether oxygens (including phenoxy) is 2. The van der Waals surface area contributed by atoms with Gasteiger partial charge in [0.05, 0.1) is 18.6 Å². The smallest absolute Gasteiger partial charge is 0.267 e. The van der Waals surface area contributed by atoms with Gasteiger partial charge in [-0.2, -0.15) is 0 Å². The summed E-state index contributed by atoms with van der Waals surface area (Å²) in [6, 6.07) is 15.6. The molecule has 1 saturated carbocycles. The second kappa shape index (κ2) is 12.2. The summed E-state index contributed by atoms with van der Waals surface area (Å²) in [7, 11) is 0. The summed E-state index contributed by atoms with van der Waals surface area (Å²) in [4.78, 5) is 48.2. The van der Waals surface area contributed by atoms with Crippen LogP contribution in [0.4, 0.5) is 15.8 Å². The van der Waals surface area contributed by atoms with Gasteiger partial charge < -0.3 is 30.4 Å². The number of H-pyrrole nitrogens is 1. The molecule has 4 aromatic rings. The SMILES string of the molecule is O=C(NCCN1CCOCC1)c1cc2c(Oc3ccc(NC(=O)C4(C(=O)Nc5ccc(F)cc5)CC4)cc3)ccnc2[nH]1. The van der Waals surface area contributed by atoms with Gasteiger partial charge in [-0.3, -0.25) is 19.3 Å². The Morgan fingerprint density at radius 1 is 0.953 bits per heavy atom. The molecular weight excluding hydrogens is 555 g/mol. The summed E-state index contributed by atoms with van der Waals surface area (Å²) in [6.07, 6.45) is 2.44. The number of pyridine rings is 1. The Morgan fingerprint density at radius 3 is 2.26 bits per heavy atom. The van der Waals surface area contributed by atoms with Crippen molar-refractivity contribution in [1.82, 2.24) is 20.2 Å². The number of anilines is 2. The number of benzene rings is 2. The number of rotatable bonds is 10. The molecule has 0 bridgehead atoms. The molecule has 43 heavy (non-hydrogen) atoms. The molecule has 12 heteroatoms. The second-order valence-electron chi connectivity index (χ2n) is 10.6. The van der Waals surface area contributed by atoms with Gasteiger partial charge in [-0.25, -0.2) is 9.37 Å². The largest absolute Gasteiger partial charge is 0.457 e. The summed E-state index contributed by atoms with van der Waals surface area (Å²) in [5, 5.41) is 9.10. The first kappa shape index (κ1) is 28.3. The highest BCUT2D eigenvalue weighted by molar-refractivity contribution is 6.16. The van der Waals surface area contributed by atoms with Crippen LogP contribution in [-0.4, -0.2) is 72.0 Å². The second-order valence-corrected chi connectivity index (χ2v) is 10.6. The van der Waals surface area contributed by atoms with Gasteiger partial charge >= 0.3 is 0 Å². The quantitative estimate of drug-likeness (QED) is 0.207. The molecule has 2 aromatic carbocycles. The van der Waals surface area contributed by atoms with Crippen LogP contribution in [0, 0.1) is 11.2 Å². The van der Waals surface area contributed by atoms with Crippen LogP contribution >= 0.6 is 0 Å². The molecule has 2 aromatic heterocycles. The molecule has 0 atom stereocenters. The van der Waals surface area contributed by atoms with Crippen LogP contribution in [0.1, 0.15) is 23.3 Å². The zero-order chi connectivity index (χ0) is 29.8. The fourth-order valence-corrected chi connectivity index (χ4v) is 4.91. The van der Waals surface area contributed by atoms with E-state index in [0.29, 0.717) is 72.2 Å². The van der Waals surface area contributed by atoms with Gasteiger partial charge in [-0.1, -0.05) is 0 Å². The number of fused-ring (bicyclic) bond motifs is 1. The summed E-state index contributed by atoms with van der Waals surface area (Å²) >= 11 is 0. The van der Waals surface area contributed by atoms with E-state index < -0.39 is 23.0 Å². The molecule has 2 fully saturated rings. The van der Waals surface area contributed by atoms with E-state index in [1.165, 1.54) is 24.3 Å². The van der Waals surface area contributed by atoms with E-state index in [4.69, 9.17) is 9.47 Å². The van der Waals surface area contributed by atoms with Crippen LogP contribution < -0.4 is 20.7 Å². The van der Waals surface area contributed by atoms with Crippen molar-refractivity contribution in [1.29, 1.82) is 0 Å². The maximum atomic E-state index is 13.2. The summed E-state index contributed by atoms with van der Waals surface area (Å²) in [5.74, 6) is -0.432. The number of aromatic nitrogens is 2. The number of carbonyl (C=O) groups excluding carboxylic acids is 3. The van der Waals surface area contributed by atoms with Crippen molar-refractivity contribution in [3.8, 4) is 11.5 Å². The lowest BCUT2D eigenvalue weighted by Crippen LogP contribution is -2.41. The maximum absolute atomic E-state index is 13.2. The molecule has 0 spiro atoms. The van der Waals surface area contributed by atoms with E-state index in [9.17, 15) is 18.8 Å². The minimum atomic E-state index is -1.16. The highest BCUT2D eigenvalue weighted by atomic mass is 19.1. The molecule has 222 valence electrons. The lowest BCUT2D eigenvalue weighted by atomic mass is 10.0. The lowest BCUT2D eigenvalue weighted by molar-refractivity contribution is -0.131. The average molecular weight is 587 g/mol. The molecule has 4 N–H and O–H groups in total. The fourth-order valence-electron chi connectivity index (χ4n) is 4.91. The van der Waals surface area contributed by atoms with E-state index in [2.05, 4.69) is 30.8 Å². The number of halogens is 1. The summed E-state index contributed by atoms with van der Waals surface area (Å²) in [5.41, 5.74) is 0.684. The highest BCUT2D eigenvalue weighted by Crippen LogP contribution is 2.47. The lowest BCUT2D eigenvalue weighted by Gasteiger charge is -2.26. The van der Waals surface area contributed by atoms with Gasteiger partial charge in [0.1, 0.15) is 34.1 Å². The van der Waals surface area contributed by atoms with Crippen molar-refractivity contribution >= 4 is 40.1 Å². The van der Waals surface area contributed by atoms with Gasteiger partial charge in [0, 0.05) is 43.8 Å². The summed E-state index contributed by atoms with van der Waals surface area (Å²) < 4.78 is 24.6. The normalized spacial score (nSPS) is 15.9. The molecule has 3 heterocycles. The summed E-state index contributed by atoms with van der Waals surface area (Å²) in [6.45, 7) is 4.41. The van der Waals surface area contributed by atoms with E-state index in [1.54, 1.807) is 42.6 Å². The Balaban J connectivity index is 1.05. The van der Waals surface area contributed by atoms with Gasteiger partial charge in [-0.05, 0) is 73.5 Å². The van der Waals surface area contributed by atoms with E-state index >= 15 is 0 Å². The van der Waals surface area contributed by atoms with Crippen molar-refractivity contribution in [3.05, 3.63) is 78.4 Å². The van der Waals surface area contributed by atoms with Crippen LogP contribution in [0.15, 0.2) is 66.9 Å². The van der Waals surface area contributed by atoms with Crippen molar-refractivity contribution in [2.75, 3.05) is 50.0 Å². The van der Waals surface area contributed by atoms with Crippen LogP contribution in [0.5, 0.6) is 11.5 Å². The number of morpholine rings is 1. The van der Waals surface area contributed by atoms with Gasteiger partial charge in [0.15, 0.2) is 0 Å². The zero-order valence-electron chi connectivity index (χ0n) is 23.3. The van der Waals surface area contributed by atoms with Crippen LogP contribution in [0.3, 0.4) is 0 Å². The number of nitrogens with one attached hydrogen (secondary N) is 4. The number of carbonyl (C=O) groups is 3. The Morgan fingerprint density at radius 2 is 1.60 bits per heavy atom. The predicted octanol–water partition coefficient (Wildman–Crippen LogP) is 3.91. The third-order valence-corrected chi connectivity index (χ3v) is 7.62. The molecule has 11 nitrogen and oxygen atoms in total. The fraction of sp³-hybridized carbons (Fsp3) is 0.290. The number of hydrogen-bond donors (Lipinski definition) is 4. The number of aromatic amines is 1. The van der Waals surface area contributed by atoms with Crippen molar-refractivity contribution in [3.63, 3.8) is 0 Å². The van der Waals surface area contributed by atoms with E-state index in [1.807, 2.05) is 0 Å². The first-order chi connectivity index (χ1) is 20.9.